The van der Waals surface area contributed by atoms with Crippen molar-refractivity contribution in [1.82, 2.24) is 5.32 Å². The quantitative estimate of drug-likeness (QED) is 0.733. The second-order valence-corrected chi connectivity index (χ2v) is 13.5. The van der Waals surface area contributed by atoms with Gasteiger partial charge in [0.1, 0.15) is 17.7 Å². The summed E-state index contributed by atoms with van der Waals surface area (Å²) in [5, 5.41) is 6.07. The average Bonchev–Trinajstić information content (AvgIpc) is 2.59. The van der Waals surface area contributed by atoms with Crippen LogP contribution in [0.5, 0.6) is 0 Å². The number of carbonyl (C=O) groups is 1. The Bertz CT molecular complexity index is 870. The molecule has 6 heteroatoms. The first kappa shape index (κ1) is 20.7. The summed E-state index contributed by atoms with van der Waals surface area (Å²) in [5.74, 6) is -1.48. The summed E-state index contributed by atoms with van der Waals surface area (Å²) >= 11 is 0. The molecule has 0 radical (unpaired) electrons. The van der Waals surface area contributed by atoms with E-state index < -0.39 is 25.8 Å². The largest absolute Gasteiger partial charge is 0.324 e. The van der Waals surface area contributed by atoms with Gasteiger partial charge in [0.15, 0.2) is 0 Å². The van der Waals surface area contributed by atoms with Crippen molar-refractivity contribution in [2.75, 3.05) is 11.9 Å². The summed E-state index contributed by atoms with van der Waals surface area (Å²) < 4.78 is 29.0. The molecular formula is C22H28F2N2OSi. The van der Waals surface area contributed by atoms with Gasteiger partial charge in [-0.3, -0.25) is 4.79 Å². The number of nitrogens with one attached hydrogen (secondary N) is 2. The average molecular weight is 403 g/mol. The van der Waals surface area contributed by atoms with Gasteiger partial charge in [-0.1, -0.05) is 51.2 Å². The van der Waals surface area contributed by atoms with Crippen molar-refractivity contribution in [3.63, 3.8) is 0 Å². The normalized spacial score (nSPS) is 16.6. The van der Waals surface area contributed by atoms with Crippen molar-refractivity contribution in [2.45, 2.75) is 51.9 Å². The van der Waals surface area contributed by atoms with E-state index in [9.17, 15) is 13.6 Å². The molecule has 3 rings (SSSR count). The lowest BCUT2D eigenvalue weighted by molar-refractivity contribution is -0.118. The predicted octanol–water partition coefficient (Wildman–Crippen LogP) is 4.29. The number of aryl methyl sites for hydroxylation is 1. The molecule has 0 fully saturated rings. The van der Waals surface area contributed by atoms with Crippen molar-refractivity contribution >= 4 is 24.9 Å². The number of hydrogen-bond acceptors (Lipinski definition) is 2. The molecule has 1 unspecified atom stereocenters. The second-order valence-electron chi connectivity index (χ2n) is 8.47. The van der Waals surface area contributed by atoms with Crippen LogP contribution in [0.25, 0.3) is 0 Å². The van der Waals surface area contributed by atoms with Crippen LogP contribution < -0.4 is 15.8 Å². The lowest BCUT2D eigenvalue weighted by atomic mass is 9.91. The summed E-state index contributed by atoms with van der Waals surface area (Å²) in [6.07, 6.45) is 2.95. The Morgan fingerprint density at radius 2 is 1.86 bits per heavy atom. The van der Waals surface area contributed by atoms with Gasteiger partial charge in [0.25, 0.3) is 0 Å². The van der Waals surface area contributed by atoms with Gasteiger partial charge in [0.2, 0.25) is 5.91 Å². The summed E-state index contributed by atoms with van der Waals surface area (Å²) in [6, 6.07) is 8.14. The van der Waals surface area contributed by atoms with E-state index in [0.29, 0.717) is 6.54 Å². The van der Waals surface area contributed by atoms with Crippen LogP contribution in [0.2, 0.25) is 19.6 Å². The van der Waals surface area contributed by atoms with E-state index in [0.717, 1.165) is 30.4 Å². The third-order valence-electron chi connectivity index (χ3n) is 5.12. The van der Waals surface area contributed by atoms with Crippen LogP contribution in [-0.4, -0.2) is 20.5 Å². The molecule has 150 valence electrons. The van der Waals surface area contributed by atoms with Gasteiger partial charge >= 0.3 is 0 Å². The molecule has 0 saturated heterocycles. The highest BCUT2D eigenvalue weighted by Crippen LogP contribution is 2.26. The highest BCUT2D eigenvalue weighted by atomic mass is 28.3. The lowest BCUT2D eigenvalue weighted by Gasteiger charge is -2.27. The van der Waals surface area contributed by atoms with Crippen molar-refractivity contribution in [3.8, 4) is 0 Å². The van der Waals surface area contributed by atoms with Crippen molar-refractivity contribution < 1.29 is 13.6 Å². The number of hydrogen-bond donors (Lipinski definition) is 2. The standard InChI is InChI=1S/C22H28F2N2OSi/c1-5-6-14-7-8-17-15(11-14)9-10-25-20(17)22(27)26-16-12-18(23)21(19(24)13-16)28(2,3)4/h7-8,11-13,20,25H,5-6,9-10H2,1-4H3,(H,26,27). The Balaban J connectivity index is 1.83. The van der Waals surface area contributed by atoms with E-state index in [1.165, 1.54) is 17.7 Å². The summed E-state index contributed by atoms with van der Waals surface area (Å²) in [4.78, 5) is 12.8. The van der Waals surface area contributed by atoms with Gasteiger partial charge < -0.3 is 10.6 Å². The van der Waals surface area contributed by atoms with Gasteiger partial charge in [0, 0.05) is 17.4 Å². The Morgan fingerprint density at radius 3 is 2.46 bits per heavy atom. The summed E-state index contributed by atoms with van der Waals surface area (Å²) in [6.45, 7) is 8.51. The van der Waals surface area contributed by atoms with Crippen LogP contribution in [-0.2, 0) is 17.6 Å². The molecular weight excluding hydrogens is 374 g/mol. The molecule has 1 aliphatic rings. The van der Waals surface area contributed by atoms with Gasteiger partial charge in [-0.05, 0) is 41.7 Å². The van der Waals surface area contributed by atoms with E-state index in [1.807, 2.05) is 25.7 Å². The number of carbonyl (C=O) groups excluding carboxylic acids is 1. The zero-order valence-corrected chi connectivity index (χ0v) is 18.0. The van der Waals surface area contributed by atoms with Crippen LogP contribution >= 0.6 is 0 Å². The smallest absolute Gasteiger partial charge is 0.246 e. The van der Waals surface area contributed by atoms with Crippen molar-refractivity contribution in [2.24, 2.45) is 0 Å². The maximum absolute atomic E-state index is 14.5. The minimum Gasteiger partial charge on any atom is -0.324 e. The van der Waals surface area contributed by atoms with Gasteiger partial charge in [0.05, 0.1) is 8.07 Å². The predicted molar refractivity (Wildman–Crippen MR) is 113 cm³/mol. The minimum atomic E-state index is -2.15. The Hall–Kier alpha value is -2.05. The van der Waals surface area contributed by atoms with Crippen LogP contribution in [0.1, 0.15) is 36.1 Å². The number of amides is 1. The molecule has 0 saturated carbocycles. The second kappa shape index (κ2) is 8.13. The van der Waals surface area contributed by atoms with E-state index in [-0.39, 0.29) is 16.8 Å². The molecule has 2 aromatic carbocycles. The molecule has 0 aliphatic carbocycles. The number of rotatable bonds is 5. The molecule has 0 spiro atoms. The number of anilines is 1. The molecule has 3 nitrogen and oxygen atoms in total. The van der Waals surface area contributed by atoms with Gasteiger partial charge in [-0.15, -0.1) is 0 Å². The van der Waals surface area contributed by atoms with Crippen molar-refractivity contribution in [3.05, 3.63) is 58.7 Å². The van der Waals surface area contributed by atoms with E-state index >= 15 is 0 Å². The monoisotopic (exact) mass is 402 g/mol. The van der Waals surface area contributed by atoms with Crippen LogP contribution in [0.3, 0.4) is 0 Å². The number of fused-ring (bicyclic) bond motifs is 1. The first-order valence-electron chi connectivity index (χ1n) is 9.86. The van der Waals surface area contributed by atoms with Gasteiger partial charge in [-0.2, -0.15) is 0 Å². The van der Waals surface area contributed by atoms with Crippen LogP contribution in [0.4, 0.5) is 14.5 Å². The Kier molecular flexibility index (Phi) is 6.00. The molecule has 1 heterocycles. The molecule has 28 heavy (non-hydrogen) atoms. The van der Waals surface area contributed by atoms with E-state index in [4.69, 9.17) is 0 Å². The topological polar surface area (TPSA) is 41.1 Å². The molecule has 1 aliphatic heterocycles. The first-order valence-corrected chi connectivity index (χ1v) is 13.4. The minimum absolute atomic E-state index is 0.151. The third kappa shape index (κ3) is 4.33. The van der Waals surface area contributed by atoms with Gasteiger partial charge in [-0.25, -0.2) is 8.78 Å². The fourth-order valence-electron chi connectivity index (χ4n) is 3.87. The fraction of sp³-hybridized carbons (Fsp3) is 0.409. The molecule has 1 atom stereocenters. The molecule has 2 aromatic rings. The Labute approximate surface area is 166 Å². The molecule has 2 N–H and O–H groups in total. The Morgan fingerprint density at radius 1 is 1.18 bits per heavy atom. The SMILES string of the molecule is CCCc1ccc2c(c1)CCNC2C(=O)Nc1cc(F)c([Si](C)(C)C)c(F)c1. The zero-order chi connectivity index (χ0) is 20.5. The number of benzene rings is 2. The van der Waals surface area contributed by atoms with Crippen LogP contribution in [0, 0.1) is 11.6 Å². The van der Waals surface area contributed by atoms with Crippen molar-refractivity contribution in [1.29, 1.82) is 0 Å². The fourth-order valence-corrected chi connectivity index (χ4v) is 5.45. The maximum Gasteiger partial charge on any atom is 0.246 e. The first-order chi connectivity index (χ1) is 13.2. The maximum atomic E-state index is 14.5. The zero-order valence-electron chi connectivity index (χ0n) is 17.0. The molecule has 1 amide bonds. The van der Waals surface area contributed by atoms with Crippen LogP contribution in [0.15, 0.2) is 30.3 Å². The van der Waals surface area contributed by atoms with E-state index in [1.54, 1.807) is 0 Å². The molecule has 0 bridgehead atoms. The molecule has 0 aromatic heterocycles. The highest BCUT2D eigenvalue weighted by Gasteiger charge is 2.28. The summed E-state index contributed by atoms with van der Waals surface area (Å²) in [7, 11) is -2.15. The highest BCUT2D eigenvalue weighted by molar-refractivity contribution is 6.88. The van der Waals surface area contributed by atoms with E-state index in [2.05, 4.69) is 29.7 Å². The lowest BCUT2D eigenvalue weighted by Crippen LogP contribution is -2.42. The summed E-state index contributed by atoms with van der Waals surface area (Å²) in [5.41, 5.74) is 3.52. The number of halogens is 2. The third-order valence-corrected chi connectivity index (χ3v) is 7.10.